The quantitative estimate of drug-likeness (QED) is 0.191. The molecule has 11 nitrogen and oxygen atoms in total. The van der Waals surface area contributed by atoms with E-state index < -0.39 is 25.6 Å². The van der Waals surface area contributed by atoms with Crippen molar-refractivity contribution < 1.29 is 18.7 Å². The summed E-state index contributed by atoms with van der Waals surface area (Å²) in [4.78, 5) is 34.2. The van der Waals surface area contributed by atoms with Crippen molar-refractivity contribution in [3.63, 3.8) is 0 Å². The molecular formula is C33H46FN7O4Si. The highest BCUT2D eigenvalue weighted by molar-refractivity contribution is 6.76. The summed E-state index contributed by atoms with van der Waals surface area (Å²) in [5.74, 6) is 0.157. The number of nitrogens with one attached hydrogen (secondary N) is 1. The van der Waals surface area contributed by atoms with Gasteiger partial charge in [0.25, 0.3) is 5.56 Å². The molecule has 0 radical (unpaired) electrons. The van der Waals surface area contributed by atoms with Crippen molar-refractivity contribution in [2.24, 2.45) is 14.1 Å². The molecule has 13 heteroatoms. The van der Waals surface area contributed by atoms with Gasteiger partial charge in [-0.25, -0.2) is 9.18 Å². The zero-order chi connectivity index (χ0) is 33.1. The third kappa shape index (κ3) is 6.31. The maximum atomic E-state index is 16.0. The number of fused-ring (bicyclic) bond motifs is 4. The normalized spacial score (nSPS) is 20.2. The number of aryl methyl sites for hydroxylation is 1. The second-order valence-electron chi connectivity index (χ2n) is 15.1. The Bertz CT molecular complexity index is 1840. The summed E-state index contributed by atoms with van der Waals surface area (Å²) in [6, 6.07) is 4.66. The fraction of sp³-hybridized carbons (Fsp3) is 0.576. The van der Waals surface area contributed by atoms with E-state index in [1.54, 1.807) is 47.9 Å². The molecule has 3 atom stereocenters. The van der Waals surface area contributed by atoms with Crippen LogP contribution in [0.4, 0.5) is 15.1 Å². The van der Waals surface area contributed by atoms with Gasteiger partial charge in [0.2, 0.25) is 5.95 Å². The zero-order valence-electron chi connectivity index (χ0n) is 28.2. The molecule has 0 aliphatic carbocycles. The summed E-state index contributed by atoms with van der Waals surface area (Å²) in [6.07, 6.45) is 6.37. The molecule has 0 unspecified atom stereocenters. The summed E-state index contributed by atoms with van der Waals surface area (Å²) in [6.45, 7) is 13.3. The van der Waals surface area contributed by atoms with Crippen LogP contribution in [0.2, 0.25) is 25.7 Å². The van der Waals surface area contributed by atoms with Crippen molar-refractivity contribution in [2.75, 3.05) is 11.5 Å². The Labute approximate surface area is 269 Å². The minimum atomic E-state index is -1.31. The maximum absolute atomic E-state index is 16.0. The highest BCUT2D eigenvalue weighted by Crippen LogP contribution is 2.40. The molecule has 3 aromatic heterocycles. The smallest absolute Gasteiger partial charge is 0.407 e. The van der Waals surface area contributed by atoms with E-state index in [-0.39, 0.29) is 30.4 Å². The number of hydrogen-bond donors (Lipinski definition) is 1. The first kappa shape index (κ1) is 32.2. The van der Waals surface area contributed by atoms with Crippen molar-refractivity contribution in [3.05, 3.63) is 40.7 Å². The standard InChI is InChI=1S/C33H46FN7O4Si/c1-33(2,3)45-32(43)35-20-15-21-9-10-22(16-20)41(21)31-36-29-27(30(42)39(31)5)24(18-40(29)19-44-13-14-46(6,7)8)23-11-12-26-25(28(23)34)17-38(4)37-26/h11-12,17-18,20-22H,9-10,13-16,19H2,1-8H3,(H,35,43)/t20-,21+,22-. The van der Waals surface area contributed by atoms with Gasteiger partial charge in [0.15, 0.2) is 5.65 Å². The lowest BCUT2D eigenvalue weighted by Gasteiger charge is -2.40. The largest absolute Gasteiger partial charge is 0.444 e. The van der Waals surface area contributed by atoms with Crippen LogP contribution in [-0.2, 0) is 30.3 Å². The summed E-state index contributed by atoms with van der Waals surface area (Å²) in [5, 5.41) is 8.15. The van der Waals surface area contributed by atoms with Gasteiger partial charge in [-0.3, -0.25) is 14.0 Å². The number of carbonyl (C=O) groups is 1. The molecule has 5 heterocycles. The van der Waals surface area contributed by atoms with Gasteiger partial charge in [-0.1, -0.05) is 19.6 Å². The van der Waals surface area contributed by atoms with Crippen molar-refractivity contribution in [2.45, 2.75) is 103 Å². The molecule has 0 spiro atoms. The van der Waals surface area contributed by atoms with Crippen molar-refractivity contribution in [1.29, 1.82) is 0 Å². The first-order chi connectivity index (χ1) is 21.6. The molecule has 1 aromatic carbocycles. The summed E-state index contributed by atoms with van der Waals surface area (Å²) in [7, 11) is 2.18. The minimum Gasteiger partial charge on any atom is -0.444 e. The number of carbonyl (C=O) groups excluding carboxylic acids is 1. The predicted octanol–water partition coefficient (Wildman–Crippen LogP) is 5.76. The number of amides is 1. The third-order valence-electron chi connectivity index (χ3n) is 9.01. The van der Waals surface area contributed by atoms with E-state index in [9.17, 15) is 9.59 Å². The molecule has 2 aliphatic heterocycles. The average molecular weight is 652 g/mol. The monoisotopic (exact) mass is 651 g/mol. The van der Waals surface area contributed by atoms with Crippen LogP contribution < -0.4 is 15.8 Å². The fourth-order valence-corrected chi connectivity index (χ4v) is 7.62. The zero-order valence-corrected chi connectivity index (χ0v) is 29.2. The first-order valence-electron chi connectivity index (χ1n) is 16.2. The van der Waals surface area contributed by atoms with E-state index in [0.717, 1.165) is 31.7 Å². The third-order valence-corrected chi connectivity index (χ3v) is 10.7. The molecule has 6 rings (SSSR count). The van der Waals surface area contributed by atoms with Crippen molar-refractivity contribution >= 4 is 42.1 Å². The van der Waals surface area contributed by atoms with Gasteiger partial charge in [-0.15, -0.1) is 0 Å². The highest BCUT2D eigenvalue weighted by Gasteiger charge is 2.43. The van der Waals surface area contributed by atoms with Gasteiger partial charge >= 0.3 is 6.09 Å². The molecule has 2 aliphatic rings. The number of alkyl carbamates (subject to hydrolysis) is 1. The number of piperidine rings is 1. The maximum Gasteiger partial charge on any atom is 0.407 e. The second-order valence-corrected chi connectivity index (χ2v) is 20.7. The molecule has 2 saturated heterocycles. The number of nitrogens with zero attached hydrogens (tertiary/aromatic N) is 6. The van der Waals surface area contributed by atoms with Gasteiger partial charge in [-0.2, -0.15) is 10.1 Å². The Morgan fingerprint density at radius 2 is 1.78 bits per heavy atom. The van der Waals surface area contributed by atoms with Crippen LogP contribution in [0, 0.1) is 5.82 Å². The Kier molecular flexibility index (Phi) is 8.28. The van der Waals surface area contributed by atoms with E-state index in [0.29, 0.717) is 45.6 Å². The van der Waals surface area contributed by atoms with Crippen LogP contribution in [0.15, 0.2) is 29.3 Å². The number of rotatable bonds is 8. The lowest BCUT2D eigenvalue weighted by Crippen LogP contribution is -2.52. The molecule has 0 saturated carbocycles. The second kappa shape index (κ2) is 11.8. The molecule has 46 heavy (non-hydrogen) atoms. The number of anilines is 1. The van der Waals surface area contributed by atoms with Gasteiger partial charge in [0.05, 0.1) is 16.3 Å². The van der Waals surface area contributed by atoms with Crippen molar-refractivity contribution in [3.8, 4) is 11.1 Å². The molecule has 2 fully saturated rings. The van der Waals surface area contributed by atoms with E-state index in [2.05, 4.69) is 35.0 Å². The Balaban J connectivity index is 1.38. The summed E-state index contributed by atoms with van der Waals surface area (Å²) < 4.78 is 32.7. The van der Waals surface area contributed by atoms with Gasteiger partial charge in [-0.05, 0) is 64.6 Å². The van der Waals surface area contributed by atoms with Crippen molar-refractivity contribution in [1.82, 2.24) is 29.2 Å². The molecule has 2 bridgehead atoms. The van der Waals surface area contributed by atoms with Crippen LogP contribution in [0.5, 0.6) is 0 Å². The number of halogens is 1. The highest BCUT2D eigenvalue weighted by atomic mass is 28.3. The van der Waals surface area contributed by atoms with Crippen LogP contribution in [-0.4, -0.2) is 68.4 Å². The van der Waals surface area contributed by atoms with E-state index in [1.807, 2.05) is 25.3 Å². The molecular weight excluding hydrogens is 605 g/mol. The molecule has 1 amide bonds. The molecule has 248 valence electrons. The van der Waals surface area contributed by atoms with Crippen LogP contribution in [0.1, 0.15) is 46.5 Å². The Morgan fingerprint density at radius 3 is 2.43 bits per heavy atom. The van der Waals surface area contributed by atoms with Gasteiger partial charge in [0.1, 0.15) is 18.1 Å². The topological polar surface area (TPSA) is 108 Å². The summed E-state index contributed by atoms with van der Waals surface area (Å²) >= 11 is 0. The summed E-state index contributed by atoms with van der Waals surface area (Å²) in [5.41, 5.74) is 1.02. The van der Waals surface area contributed by atoms with Crippen LogP contribution in [0.3, 0.4) is 0 Å². The number of aromatic nitrogens is 5. The average Bonchev–Trinajstić information content (AvgIpc) is 3.58. The lowest BCUT2D eigenvalue weighted by molar-refractivity contribution is 0.0492. The SMILES string of the molecule is Cn1cc2c(F)c(-c3cn(COCC[Si](C)(C)C)c4nc(N5[C@@H]6CC[C@H]5C[C@@H](NC(=O)OC(C)(C)C)C6)n(C)c(=O)c34)ccc2n1. The van der Waals surface area contributed by atoms with Gasteiger partial charge < -0.3 is 24.3 Å². The fourth-order valence-electron chi connectivity index (χ4n) is 6.86. The number of ether oxygens (including phenoxy) is 2. The van der Waals surface area contributed by atoms with E-state index >= 15 is 4.39 Å². The lowest BCUT2D eigenvalue weighted by atomic mass is 9.98. The molecule has 4 aromatic rings. The first-order valence-corrected chi connectivity index (χ1v) is 19.9. The predicted molar refractivity (Wildman–Crippen MR) is 180 cm³/mol. The minimum absolute atomic E-state index is 0.0232. The number of benzene rings is 1. The van der Waals surface area contributed by atoms with Crippen LogP contribution in [0.25, 0.3) is 33.1 Å². The Morgan fingerprint density at radius 1 is 1.09 bits per heavy atom. The van der Waals surface area contributed by atoms with Crippen LogP contribution >= 0.6 is 0 Å². The van der Waals surface area contributed by atoms with E-state index in [1.165, 1.54) is 0 Å². The van der Waals surface area contributed by atoms with E-state index in [4.69, 9.17) is 14.5 Å². The number of hydrogen-bond acceptors (Lipinski definition) is 7. The van der Waals surface area contributed by atoms with Gasteiger partial charge in [0, 0.05) is 70.4 Å². The Hall–Kier alpha value is -3.71. The molecule has 1 N–H and O–H groups in total.